The number of alkyl halides is 2. The number of halogens is 3. The molecule has 0 unspecified atom stereocenters. The van der Waals surface area contributed by atoms with Crippen molar-refractivity contribution < 1.29 is 22.7 Å². The highest BCUT2D eigenvalue weighted by Gasteiger charge is 2.18. The van der Waals surface area contributed by atoms with E-state index in [0.29, 0.717) is 10.3 Å². The number of H-pyrrole nitrogens is 1. The van der Waals surface area contributed by atoms with E-state index in [4.69, 9.17) is 12.2 Å². The number of nitrogens with one attached hydrogen (secondary N) is 2. The van der Waals surface area contributed by atoms with E-state index in [9.17, 15) is 18.0 Å². The van der Waals surface area contributed by atoms with Crippen molar-refractivity contribution in [2.24, 2.45) is 0 Å². The first kappa shape index (κ1) is 19.7. The Morgan fingerprint density at radius 2 is 1.93 bits per heavy atom. The quantitative estimate of drug-likeness (QED) is 0.579. The van der Waals surface area contributed by atoms with Gasteiger partial charge in [0.2, 0.25) is 0 Å². The summed E-state index contributed by atoms with van der Waals surface area (Å²) in [7, 11) is 0. The SMILES string of the molecule is C[C@H](NC(=O)c1ccc(-n2cc[nH]c2=S)cc1)c1ccc(F)cc1OC(F)F. The Hall–Kier alpha value is -3.07. The summed E-state index contributed by atoms with van der Waals surface area (Å²) in [4.78, 5) is 15.4. The zero-order valence-electron chi connectivity index (χ0n) is 14.7. The number of aromatic nitrogens is 2. The van der Waals surface area contributed by atoms with Crippen LogP contribution in [-0.4, -0.2) is 22.1 Å². The molecule has 9 heteroatoms. The molecule has 0 aliphatic rings. The zero-order chi connectivity index (χ0) is 20.3. The molecule has 2 aromatic carbocycles. The fourth-order valence-electron chi connectivity index (χ4n) is 2.72. The Balaban J connectivity index is 1.76. The van der Waals surface area contributed by atoms with Crippen molar-refractivity contribution in [3.63, 3.8) is 0 Å². The molecule has 0 saturated carbocycles. The summed E-state index contributed by atoms with van der Waals surface area (Å²) in [5, 5.41) is 2.69. The number of imidazole rings is 1. The molecule has 0 radical (unpaired) electrons. The lowest BCUT2D eigenvalue weighted by Gasteiger charge is -2.18. The number of hydrogen-bond donors (Lipinski definition) is 2. The molecule has 5 nitrogen and oxygen atoms in total. The van der Waals surface area contributed by atoms with Crippen LogP contribution >= 0.6 is 12.2 Å². The molecule has 0 aliphatic carbocycles. The van der Waals surface area contributed by atoms with Gasteiger partial charge in [0, 0.05) is 35.3 Å². The number of carbonyl (C=O) groups excluding carboxylic acids is 1. The average molecular weight is 407 g/mol. The van der Waals surface area contributed by atoms with Crippen LogP contribution in [0.4, 0.5) is 13.2 Å². The van der Waals surface area contributed by atoms with Gasteiger partial charge in [0.25, 0.3) is 5.91 Å². The van der Waals surface area contributed by atoms with Crippen LogP contribution in [0.3, 0.4) is 0 Å². The van der Waals surface area contributed by atoms with Crippen LogP contribution in [0.1, 0.15) is 28.9 Å². The second-order valence-electron chi connectivity index (χ2n) is 5.94. The minimum atomic E-state index is -3.10. The van der Waals surface area contributed by atoms with Gasteiger partial charge < -0.3 is 15.0 Å². The predicted octanol–water partition coefficient (Wildman–Crippen LogP) is 4.77. The van der Waals surface area contributed by atoms with Crippen molar-refractivity contribution in [3.05, 3.63) is 76.6 Å². The van der Waals surface area contributed by atoms with E-state index in [1.807, 2.05) is 0 Å². The fraction of sp³-hybridized carbons (Fsp3) is 0.158. The fourth-order valence-corrected chi connectivity index (χ4v) is 2.95. The van der Waals surface area contributed by atoms with Crippen LogP contribution in [-0.2, 0) is 0 Å². The van der Waals surface area contributed by atoms with Crippen molar-refractivity contribution in [1.29, 1.82) is 0 Å². The summed E-state index contributed by atoms with van der Waals surface area (Å²) in [5.41, 5.74) is 1.39. The second kappa shape index (κ2) is 8.30. The predicted molar refractivity (Wildman–Crippen MR) is 99.9 cm³/mol. The Labute approximate surface area is 163 Å². The molecule has 146 valence electrons. The van der Waals surface area contributed by atoms with Crippen molar-refractivity contribution in [1.82, 2.24) is 14.9 Å². The second-order valence-corrected chi connectivity index (χ2v) is 6.32. The third kappa shape index (κ3) is 4.42. The molecule has 3 aromatic rings. The number of ether oxygens (including phenoxy) is 1. The van der Waals surface area contributed by atoms with Gasteiger partial charge >= 0.3 is 6.61 Å². The maximum absolute atomic E-state index is 13.3. The summed E-state index contributed by atoms with van der Waals surface area (Å²) in [6.07, 6.45) is 3.46. The summed E-state index contributed by atoms with van der Waals surface area (Å²) < 4.78 is 45.1. The lowest BCUT2D eigenvalue weighted by atomic mass is 10.1. The lowest BCUT2D eigenvalue weighted by Crippen LogP contribution is -2.27. The maximum Gasteiger partial charge on any atom is 0.387 e. The van der Waals surface area contributed by atoms with Crippen molar-refractivity contribution in [2.75, 3.05) is 0 Å². The molecule has 0 saturated heterocycles. The number of amides is 1. The molecule has 0 spiro atoms. The van der Waals surface area contributed by atoms with Crippen LogP contribution in [0.15, 0.2) is 54.9 Å². The third-order valence-electron chi connectivity index (χ3n) is 4.06. The van der Waals surface area contributed by atoms with Gasteiger partial charge in [-0.3, -0.25) is 9.36 Å². The molecule has 2 N–H and O–H groups in total. The summed E-state index contributed by atoms with van der Waals surface area (Å²) in [5.74, 6) is -1.44. The molecule has 0 fully saturated rings. The number of aromatic amines is 1. The van der Waals surface area contributed by atoms with Crippen LogP contribution in [0, 0.1) is 10.6 Å². The summed E-state index contributed by atoms with van der Waals surface area (Å²) in [6, 6.07) is 9.29. The molecule has 3 rings (SSSR count). The monoisotopic (exact) mass is 407 g/mol. The average Bonchev–Trinajstić information content (AvgIpc) is 3.07. The molecule has 1 atom stereocenters. The van der Waals surface area contributed by atoms with Gasteiger partial charge in [0.05, 0.1) is 6.04 Å². The molecule has 1 heterocycles. The molecule has 0 bridgehead atoms. The van der Waals surface area contributed by atoms with E-state index in [0.717, 1.165) is 17.8 Å². The number of hydrogen-bond acceptors (Lipinski definition) is 3. The van der Waals surface area contributed by atoms with E-state index < -0.39 is 24.4 Å². The Kier molecular flexibility index (Phi) is 5.84. The van der Waals surface area contributed by atoms with Gasteiger partial charge in [0.15, 0.2) is 4.77 Å². The molecule has 1 aromatic heterocycles. The minimum Gasteiger partial charge on any atom is -0.434 e. The highest BCUT2D eigenvalue weighted by Crippen LogP contribution is 2.28. The Morgan fingerprint density at radius 3 is 2.54 bits per heavy atom. The van der Waals surface area contributed by atoms with E-state index in [1.54, 1.807) is 48.1 Å². The molecular formula is C19H16F3N3O2S. The van der Waals surface area contributed by atoms with E-state index in [1.165, 1.54) is 6.07 Å². The highest BCUT2D eigenvalue weighted by atomic mass is 32.1. The van der Waals surface area contributed by atoms with Crippen molar-refractivity contribution >= 4 is 18.1 Å². The first-order valence-corrected chi connectivity index (χ1v) is 8.67. The van der Waals surface area contributed by atoms with Crippen LogP contribution in [0.25, 0.3) is 5.69 Å². The zero-order valence-corrected chi connectivity index (χ0v) is 15.5. The maximum atomic E-state index is 13.3. The van der Waals surface area contributed by atoms with E-state index >= 15 is 0 Å². The van der Waals surface area contributed by atoms with Crippen molar-refractivity contribution in [2.45, 2.75) is 19.6 Å². The first-order valence-electron chi connectivity index (χ1n) is 8.27. The standard InChI is InChI=1S/C19H16F3N3O2S/c1-11(15-7-4-13(20)10-16(15)27-18(21)22)24-17(26)12-2-5-14(6-3-12)25-9-8-23-19(25)28/h2-11,18H,1H3,(H,23,28)(H,24,26)/t11-/m0/s1. The molecular weight excluding hydrogens is 391 g/mol. The third-order valence-corrected chi connectivity index (χ3v) is 4.38. The van der Waals surface area contributed by atoms with E-state index in [-0.39, 0.29) is 11.3 Å². The van der Waals surface area contributed by atoms with Crippen molar-refractivity contribution in [3.8, 4) is 11.4 Å². The summed E-state index contributed by atoms with van der Waals surface area (Å²) >= 11 is 5.15. The van der Waals surface area contributed by atoms with Gasteiger partial charge in [-0.15, -0.1) is 0 Å². The number of nitrogens with zero attached hydrogens (tertiary/aromatic N) is 1. The smallest absolute Gasteiger partial charge is 0.387 e. The number of carbonyl (C=O) groups is 1. The van der Waals surface area contributed by atoms with Gasteiger partial charge in [-0.25, -0.2) is 4.39 Å². The van der Waals surface area contributed by atoms with Crippen LogP contribution in [0.5, 0.6) is 5.75 Å². The highest BCUT2D eigenvalue weighted by molar-refractivity contribution is 7.71. The normalized spacial score (nSPS) is 12.0. The van der Waals surface area contributed by atoms with Crippen LogP contribution in [0.2, 0.25) is 0 Å². The lowest BCUT2D eigenvalue weighted by molar-refractivity contribution is -0.0507. The molecule has 28 heavy (non-hydrogen) atoms. The summed E-state index contributed by atoms with van der Waals surface area (Å²) in [6.45, 7) is -1.51. The van der Waals surface area contributed by atoms with Gasteiger partial charge in [-0.1, -0.05) is 6.07 Å². The van der Waals surface area contributed by atoms with Gasteiger partial charge in [-0.05, 0) is 49.5 Å². The van der Waals surface area contributed by atoms with Gasteiger partial charge in [-0.2, -0.15) is 8.78 Å². The topological polar surface area (TPSA) is 59.0 Å². The first-order chi connectivity index (χ1) is 13.3. The molecule has 1 amide bonds. The largest absolute Gasteiger partial charge is 0.434 e. The Morgan fingerprint density at radius 1 is 1.21 bits per heavy atom. The van der Waals surface area contributed by atoms with E-state index in [2.05, 4.69) is 15.0 Å². The molecule has 0 aliphatic heterocycles. The van der Waals surface area contributed by atoms with Crippen LogP contribution < -0.4 is 10.1 Å². The number of benzene rings is 2. The number of rotatable bonds is 6. The Bertz CT molecular complexity index is 1030. The minimum absolute atomic E-state index is 0.241. The van der Waals surface area contributed by atoms with Gasteiger partial charge in [0.1, 0.15) is 11.6 Å².